The van der Waals surface area contributed by atoms with Gasteiger partial charge in [-0.2, -0.15) is 5.10 Å². The number of hydrogen-bond acceptors (Lipinski definition) is 4. The number of carbonyl (C=O) groups is 1. The first-order chi connectivity index (χ1) is 10.7. The third-order valence-electron chi connectivity index (χ3n) is 3.11. The van der Waals surface area contributed by atoms with E-state index in [0.29, 0.717) is 12.2 Å². The number of methoxy groups -OCH3 is 1. The molecule has 0 spiro atoms. The third-order valence-corrected chi connectivity index (χ3v) is 3.11. The molecule has 0 aliphatic heterocycles. The number of amides is 1. The lowest BCUT2D eigenvalue weighted by Crippen LogP contribution is -2.10. The Balaban J connectivity index is 1.67. The molecule has 0 saturated heterocycles. The van der Waals surface area contributed by atoms with Crippen LogP contribution in [0.4, 0.5) is 5.69 Å². The summed E-state index contributed by atoms with van der Waals surface area (Å²) in [5.74, 6) is 0.766. The van der Waals surface area contributed by atoms with E-state index >= 15 is 0 Å². The molecule has 22 heavy (non-hydrogen) atoms. The molecule has 6 heteroatoms. The summed E-state index contributed by atoms with van der Waals surface area (Å²) in [6, 6.07) is 11.0. The lowest BCUT2D eigenvalue weighted by molar-refractivity contribution is 0.0996. The SMILES string of the molecule is COc1cccc(Cn2cc(NC(=O)c3ccco3)cn2)c1. The van der Waals surface area contributed by atoms with Gasteiger partial charge < -0.3 is 14.5 Å². The van der Waals surface area contributed by atoms with Crippen LogP contribution in [0, 0.1) is 0 Å². The Morgan fingerprint density at radius 3 is 3.05 bits per heavy atom. The maximum Gasteiger partial charge on any atom is 0.291 e. The van der Waals surface area contributed by atoms with Crippen molar-refractivity contribution in [3.8, 4) is 5.75 Å². The van der Waals surface area contributed by atoms with Gasteiger partial charge in [-0.05, 0) is 29.8 Å². The molecule has 0 saturated carbocycles. The van der Waals surface area contributed by atoms with Gasteiger partial charge in [0.15, 0.2) is 5.76 Å². The summed E-state index contributed by atoms with van der Waals surface area (Å²) in [4.78, 5) is 11.9. The van der Waals surface area contributed by atoms with Crippen LogP contribution >= 0.6 is 0 Å². The lowest BCUT2D eigenvalue weighted by Gasteiger charge is -2.04. The largest absolute Gasteiger partial charge is 0.497 e. The summed E-state index contributed by atoms with van der Waals surface area (Å²) >= 11 is 0. The van der Waals surface area contributed by atoms with E-state index in [1.165, 1.54) is 6.26 Å². The van der Waals surface area contributed by atoms with Crippen molar-refractivity contribution in [2.45, 2.75) is 6.54 Å². The molecule has 1 aromatic carbocycles. The number of carbonyl (C=O) groups excluding carboxylic acids is 1. The summed E-state index contributed by atoms with van der Waals surface area (Å²) in [6.45, 7) is 0.591. The summed E-state index contributed by atoms with van der Waals surface area (Å²) < 4.78 is 12.0. The van der Waals surface area contributed by atoms with E-state index in [1.54, 1.807) is 36.3 Å². The highest BCUT2D eigenvalue weighted by molar-refractivity contribution is 6.02. The fraction of sp³-hybridized carbons (Fsp3) is 0.125. The number of hydrogen-bond donors (Lipinski definition) is 1. The van der Waals surface area contributed by atoms with Gasteiger partial charge in [0.05, 0.1) is 31.8 Å². The molecule has 0 atom stereocenters. The molecular formula is C16H15N3O3. The quantitative estimate of drug-likeness (QED) is 0.786. The minimum Gasteiger partial charge on any atom is -0.497 e. The summed E-state index contributed by atoms with van der Waals surface area (Å²) in [6.07, 6.45) is 4.82. The molecular weight excluding hydrogens is 282 g/mol. The first-order valence-corrected chi connectivity index (χ1v) is 6.75. The molecule has 1 N–H and O–H groups in total. The van der Waals surface area contributed by atoms with Crippen LogP contribution in [0.5, 0.6) is 5.75 Å². The number of nitrogens with one attached hydrogen (secondary N) is 1. The van der Waals surface area contributed by atoms with Crippen LogP contribution < -0.4 is 10.1 Å². The number of benzene rings is 1. The Labute approximate surface area is 127 Å². The van der Waals surface area contributed by atoms with Gasteiger partial charge in [-0.25, -0.2) is 0 Å². The lowest BCUT2D eigenvalue weighted by atomic mass is 10.2. The molecule has 0 bridgehead atoms. The minimum atomic E-state index is -0.300. The van der Waals surface area contributed by atoms with Gasteiger partial charge in [-0.15, -0.1) is 0 Å². The fourth-order valence-corrected chi connectivity index (χ4v) is 2.07. The van der Waals surface area contributed by atoms with E-state index in [9.17, 15) is 4.79 Å². The number of nitrogens with zero attached hydrogens (tertiary/aromatic N) is 2. The molecule has 3 aromatic rings. The average Bonchev–Trinajstić information content (AvgIpc) is 3.19. The van der Waals surface area contributed by atoms with Crippen LogP contribution in [0.1, 0.15) is 16.1 Å². The number of ether oxygens (including phenoxy) is 1. The molecule has 0 unspecified atom stereocenters. The van der Waals surface area contributed by atoms with E-state index in [4.69, 9.17) is 9.15 Å². The molecule has 0 fully saturated rings. The molecule has 0 aliphatic carbocycles. The third kappa shape index (κ3) is 3.17. The van der Waals surface area contributed by atoms with E-state index in [2.05, 4.69) is 10.4 Å². The topological polar surface area (TPSA) is 69.3 Å². The van der Waals surface area contributed by atoms with E-state index < -0.39 is 0 Å². The Bertz CT molecular complexity index is 763. The first-order valence-electron chi connectivity index (χ1n) is 6.75. The van der Waals surface area contributed by atoms with Crippen molar-refractivity contribution in [3.63, 3.8) is 0 Å². The van der Waals surface area contributed by atoms with Gasteiger partial charge in [0.1, 0.15) is 5.75 Å². The standard InChI is InChI=1S/C16H15N3O3/c1-21-14-5-2-4-12(8-14)10-19-11-13(9-17-19)18-16(20)15-6-3-7-22-15/h2-9,11H,10H2,1H3,(H,18,20). The van der Waals surface area contributed by atoms with Gasteiger partial charge in [0.25, 0.3) is 5.91 Å². The molecule has 3 rings (SSSR count). The maximum absolute atomic E-state index is 11.9. The van der Waals surface area contributed by atoms with Crippen LogP contribution in [0.15, 0.2) is 59.5 Å². The molecule has 6 nitrogen and oxygen atoms in total. The smallest absolute Gasteiger partial charge is 0.291 e. The number of rotatable bonds is 5. The first kappa shape index (κ1) is 13.9. The van der Waals surface area contributed by atoms with Crippen molar-refractivity contribution in [2.75, 3.05) is 12.4 Å². The van der Waals surface area contributed by atoms with Crippen molar-refractivity contribution in [3.05, 3.63) is 66.4 Å². The van der Waals surface area contributed by atoms with Gasteiger partial charge >= 0.3 is 0 Å². The van der Waals surface area contributed by atoms with E-state index in [1.807, 2.05) is 24.3 Å². The van der Waals surface area contributed by atoms with Crippen LogP contribution in [-0.2, 0) is 6.54 Å². The van der Waals surface area contributed by atoms with Crippen LogP contribution in [0.3, 0.4) is 0 Å². The second-order valence-electron chi connectivity index (χ2n) is 4.71. The Kier molecular flexibility index (Phi) is 3.91. The minimum absolute atomic E-state index is 0.264. The maximum atomic E-state index is 11.9. The zero-order valence-electron chi connectivity index (χ0n) is 12.0. The molecule has 2 heterocycles. The van der Waals surface area contributed by atoms with Crippen molar-refractivity contribution >= 4 is 11.6 Å². The Morgan fingerprint density at radius 1 is 1.36 bits per heavy atom. The van der Waals surface area contributed by atoms with Gasteiger partial charge in [0, 0.05) is 6.20 Å². The van der Waals surface area contributed by atoms with Gasteiger partial charge in [-0.3, -0.25) is 9.48 Å². The summed E-state index contributed by atoms with van der Waals surface area (Å²) in [5, 5.41) is 6.96. The second kappa shape index (κ2) is 6.17. The zero-order valence-corrected chi connectivity index (χ0v) is 12.0. The predicted octanol–water partition coefficient (Wildman–Crippen LogP) is 2.79. The van der Waals surface area contributed by atoms with Crippen molar-refractivity contribution in [1.29, 1.82) is 0 Å². The highest BCUT2D eigenvalue weighted by atomic mass is 16.5. The highest BCUT2D eigenvalue weighted by Gasteiger charge is 2.10. The van der Waals surface area contributed by atoms with Crippen molar-refractivity contribution in [1.82, 2.24) is 9.78 Å². The van der Waals surface area contributed by atoms with Crippen molar-refractivity contribution in [2.24, 2.45) is 0 Å². The average molecular weight is 297 g/mol. The van der Waals surface area contributed by atoms with E-state index in [-0.39, 0.29) is 11.7 Å². The monoisotopic (exact) mass is 297 g/mol. The number of furan rings is 1. The van der Waals surface area contributed by atoms with Crippen LogP contribution in [-0.4, -0.2) is 22.8 Å². The number of anilines is 1. The fourth-order valence-electron chi connectivity index (χ4n) is 2.07. The molecule has 112 valence electrons. The number of aromatic nitrogens is 2. The molecule has 1 amide bonds. The highest BCUT2D eigenvalue weighted by Crippen LogP contribution is 2.15. The predicted molar refractivity (Wildman–Crippen MR) is 81.0 cm³/mol. The molecule has 2 aromatic heterocycles. The Morgan fingerprint density at radius 2 is 2.27 bits per heavy atom. The van der Waals surface area contributed by atoms with Crippen LogP contribution in [0.2, 0.25) is 0 Å². The Hall–Kier alpha value is -3.02. The second-order valence-corrected chi connectivity index (χ2v) is 4.71. The summed E-state index contributed by atoms with van der Waals surface area (Å²) in [7, 11) is 1.63. The summed E-state index contributed by atoms with van der Waals surface area (Å²) in [5.41, 5.74) is 1.68. The van der Waals surface area contributed by atoms with Crippen LogP contribution in [0.25, 0.3) is 0 Å². The van der Waals surface area contributed by atoms with Crippen molar-refractivity contribution < 1.29 is 13.9 Å². The molecule has 0 radical (unpaired) electrons. The zero-order chi connectivity index (χ0) is 15.4. The normalized spacial score (nSPS) is 10.4. The molecule has 0 aliphatic rings. The van der Waals surface area contributed by atoms with Gasteiger partial charge in [0.2, 0.25) is 0 Å². The van der Waals surface area contributed by atoms with Gasteiger partial charge in [-0.1, -0.05) is 12.1 Å². The van der Waals surface area contributed by atoms with E-state index in [0.717, 1.165) is 11.3 Å².